The molecule has 0 atom stereocenters. The molecule has 0 aliphatic rings. The topological polar surface area (TPSA) is 56.2 Å². The molecule has 0 bridgehead atoms. The number of nitrogens with zero attached hydrogens (tertiary/aromatic N) is 2. The van der Waals surface area contributed by atoms with Crippen molar-refractivity contribution in [2.75, 3.05) is 11.9 Å². The van der Waals surface area contributed by atoms with Gasteiger partial charge in [0.1, 0.15) is 6.61 Å². The quantitative estimate of drug-likeness (QED) is 0.448. The number of alkyl halides is 4. The lowest BCUT2D eigenvalue weighted by atomic mass is 10.1. The Hall–Kier alpha value is -2.91. The van der Waals surface area contributed by atoms with E-state index in [-0.39, 0.29) is 12.2 Å². The van der Waals surface area contributed by atoms with Crippen molar-refractivity contribution in [3.8, 4) is 0 Å². The Morgan fingerprint density at radius 3 is 2.61 bits per heavy atom. The molecule has 0 spiro atoms. The molecule has 1 heterocycles. The Labute approximate surface area is 180 Å². The summed E-state index contributed by atoms with van der Waals surface area (Å²) >= 11 is 5.97. The fraction of sp³-hybridized carbons (Fsp3) is 0.238. The van der Waals surface area contributed by atoms with Crippen molar-refractivity contribution in [3.05, 3.63) is 82.5 Å². The van der Waals surface area contributed by atoms with Crippen LogP contribution in [0.4, 0.5) is 23.4 Å². The van der Waals surface area contributed by atoms with Crippen molar-refractivity contribution < 1.29 is 27.1 Å². The van der Waals surface area contributed by atoms with Gasteiger partial charge in [0.05, 0.1) is 13.2 Å². The van der Waals surface area contributed by atoms with Gasteiger partial charge in [0, 0.05) is 22.8 Å². The number of hydrogen-bond donors (Lipinski definition) is 1. The predicted octanol–water partition coefficient (Wildman–Crippen LogP) is 5.25. The Morgan fingerprint density at radius 1 is 1.13 bits per heavy atom. The highest BCUT2D eigenvalue weighted by atomic mass is 35.5. The first kappa shape index (κ1) is 22.8. The van der Waals surface area contributed by atoms with E-state index in [1.807, 2.05) is 18.2 Å². The van der Waals surface area contributed by atoms with Crippen LogP contribution in [0.25, 0.3) is 0 Å². The number of carbonyl (C=O) groups is 1. The molecule has 0 aliphatic heterocycles. The number of benzene rings is 2. The van der Waals surface area contributed by atoms with Gasteiger partial charge in [-0.05, 0) is 35.4 Å². The molecule has 0 saturated carbocycles. The van der Waals surface area contributed by atoms with E-state index in [9.17, 15) is 22.4 Å². The van der Waals surface area contributed by atoms with Crippen LogP contribution in [0.1, 0.15) is 21.5 Å². The molecule has 1 N–H and O–H groups in total. The number of carbonyl (C=O) groups excluding carboxylic acids is 1. The third-order valence-corrected chi connectivity index (χ3v) is 4.42. The van der Waals surface area contributed by atoms with Crippen molar-refractivity contribution in [2.45, 2.75) is 25.5 Å². The summed E-state index contributed by atoms with van der Waals surface area (Å²) in [5.41, 5.74) is 1.58. The molecule has 1 amide bonds. The SMILES string of the molecule is O=C(Nc1ccn(Cc2cccc(Cl)c2)n1)c1cccc(COCC(F)(F)C(F)F)c1. The van der Waals surface area contributed by atoms with Crippen LogP contribution in [-0.2, 0) is 17.9 Å². The monoisotopic (exact) mass is 455 g/mol. The summed E-state index contributed by atoms with van der Waals surface area (Å²) in [6, 6.07) is 15.0. The van der Waals surface area contributed by atoms with Crippen LogP contribution in [0, 0.1) is 0 Å². The summed E-state index contributed by atoms with van der Waals surface area (Å²) in [5, 5.41) is 7.53. The maximum atomic E-state index is 12.9. The Balaban J connectivity index is 1.57. The molecule has 10 heteroatoms. The van der Waals surface area contributed by atoms with Gasteiger partial charge in [-0.2, -0.15) is 13.9 Å². The normalized spacial score (nSPS) is 11.7. The Morgan fingerprint density at radius 2 is 1.87 bits per heavy atom. The molecule has 0 radical (unpaired) electrons. The number of halogens is 5. The minimum absolute atomic E-state index is 0.242. The highest BCUT2D eigenvalue weighted by Crippen LogP contribution is 2.23. The zero-order valence-electron chi connectivity index (χ0n) is 16.1. The number of amides is 1. The van der Waals surface area contributed by atoms with Gasteiger partial charge in [-0.1, -0.05) is 35.9 Å². The molecule has 3 rings (SSSR count). The second-order valence-electron chi connectivity index (χ2n) is 6.74. The fourth-order valence-electron chi connectivity index (χ4n) is 2.70. The van der Waals surface area contributed by atoms with E-state index in [0.717, 1.165) is 5.56 Å². The van der Waals surface area contributed by atoms with E-state index < -0.39 is 24.9 Å². The lowest BCUT2D eigenvalue weighted by molar-refractivity contribution is -0.168. The summed E-state index contributed by atoms with van der Waals surface area (Å²) in [5.74, 6) is -4.36. The molecule has 0 saturated heterocycles. The molecule has 5 nitrogen and oxygen atoms in total. The lowest BCUT2D eigenvalue weighted by Crippen LogP contribution is -2.32. The first-order valence-electron chi connectivity index (χ1n) is 9.15. The largest absolute Gasteiger partial charge is 0.370 e. The standard InChI is InChI=1S/C21H18ClF4N3O2/c22-17-6-2-3-14(10-17)11-29-8-7-18(28-29)27-19(30)16-5-1-4-15(9-16)12-31-13-21(25,26)20(23)24/h1-10,20H,11-13H2,(H,27,28,30). The molecule has 0 fully saturated rings. The predicted molar refractivity (Wildman–Crippen MR) is 108 cm³/mol. The summed E-state index contributed by atoms with van der Waals surface area (Å²) in [6.45, 7) is -1.28. The summed E-state index contributed by atoms with van der Waals surface area (Å²) in [7, 11) is 0. The first-order chi connectivity index (χ1) is 14.7. The number of nitrogens with one attached hydrogen (secondary N) is 1. The van der Waals surface area contributed by atoms with Gasteiger partial charge in [0.2, 0.25) is 0 Å². The molecular formula is C21H18ClF4N3O2. The van der Waals surface area contributed by atoms with E-state index in [2.05, 4.69) is 15.2 Å². The number of rotatable bonds is 9. The zero-order valence-corrected chi connectivity index (χ0v) is 16.8. The number of hydrogen-bond acceptors (Lipinski definition) is 3. The number of anilines is 1. The van der Waals surface area contributed by atoms with Crippen LogP contribution in [-0.4, -0.2) is 34.6 Å². The second-order valence-corrected chi connectivity index (χ2v) is 7.17. The van der Waals surface area contributed by atoms with E-state index in [0.29, 0.717) is 22.9 Å². The van der Waals surface area contributed by atoms with Gasteiger partial charge in [-0.3, -0.25) is 9.48 Å². The smallest absolute Gasteiger partial charge is 0.330 e. The molecule has 1 aromatic heterocycles. The molecule has 31 heavy (non-hydrogen) atoms. The van der Waals surface area contributed by atoms with Crippen LogP contribution < -0.4 is 5.32 Å². The highest BCUT2D eigenvalue weighted by molar-refractivity contribution is 6.30. The molecular weight excluding hydrogens is 438 g/mol. The van der Waals surface area contributed by atoms with Crippen LogP contribution in [0.15, 0.2) is 60.8 Å². The van der Waals surface area contributed by atoms with Crippen molar-refractivity contribution in [3.63, 3.8) is 0 Å². The third-order valence-electron chi connectivity index (χ3n) is 4.19. The first-order valence-corrected chi connectivity index (χ1v) is 9.52. The average molecular weight is 456 g/mol. The zero-order chi connectivity index (χ0) is 22.4. The molecule has 0 unspecified atom stereocenters. The minimum atomic E-state index is -4.22. The van der Waals surface area contributed by atoms with Gasteiger partial charge in [0.25, 0.3) is 5.91 Å². The average Bonchev–Trinajstić information content (AvgIpc) is 3.14. The maximum absolute atomic E-state index is 12.9. The molecule has 3 aromatic rings. The summed E-state index contributed by atoms with van der Waals surface area (Å²) in [4.78, 5) is 12.5. The van der Waals surface area contributed by atoms with E-state index in [1.165, 1.54) is 24.3 Å². The van der Waals surface area contributed by atoms with Crippen molar-refractivity contribution in [2.24, 2.45) is 0 Å². The summed E-state index contributed by atoms with van der Waals surface area (Å²) < 4.78 is 56.4. The van der Waals surface area contributed by atoms with Crippen LogP contribution >= 0.6 is 11.6 Å². The molecule has 164 valence electrons. The number of ether oxygens (including phenoxy) is 1. The van der Waals surface area contributed by atoms with Gasteiger partial charge >= 0.3 is 12.3 Å². The van der Waals surface area contributed by atoms with Crippen LogP contribution in [0.2, 0.25) is 5.02 Å². The van der Waals surface area contributed by atoms with E-state index >= 15 is 0 Å². The van der Waals surface area contributed by atoms with Crippen molar-refractivity contribution in [1.82, 2.24) is 9.78 Å². The van der Waals surface area contributed by atoms with Crippen molar-refractivity contribution >= 4 is 23.3 Å². The Bertz CT molecular complexity index is 1040. The molecule has 2 aromatic carbocycles. The maximum Gasteiger partial charge on any atom is 0.330 e. The highest BCUT2D eigenvalue weighted by Gasteiger charge is 2.40. The fourth-order valence-corrected chi connectivity index (χ4v) is 2.91. The minimum Gasteiger partial charge on any atom is -0.370 e. The van der Waals surface area contributed by atoms with Crippen molar-refractivity contribution in [1.29, 1.82) is 0 Å². The lowest BCUT2D eigenvalue weighted by Gasteiger charge is -2.15. The molecule has 0 aliphatic carbocycles. The third kappa shape index (κ3) is 6.53. The van der Waals surface area contributed by atoms with Gasteiger partial charge < -0.3 is 10.1 Å². The van der Waals surface area contributed by atoms with Gasteiger partial charge in [0.15, 0.2) is 5.82 Å². The van der Waals surface area contributed by atoms with Gasteiger partial charge in [-0.15, -0.1) is 0 Å². The number of aromatic nitrogens is 2. The van der Waals surface area contributed by atoms with E-state index in [4.69, 9.17) is 11.6 Å². The van der Waals surface area contributed by atoms with Crippen LogP contribution in [0.5, 0.6) is 0 Å². The second kappa shape index (κ2) is 9.93. The Kier molecular flexibility index (Phi) is 7.29. The van der Waals surface area contributed by atoms with Gasteiger partial charge in [-0.25, -0.2) is 8.78 Å². The van der Waals surface area contributed by atoms with Crippen LogP contribution in [0.3, 0.4) is 0 Å². The van der Waals surface area contributed by atoms with E-state index in [1.54, 1.807) is 23.0 Å². The summed E-state index contributed by atoms with van der Waals surface area (Å²) in [6.07, 6.45) is -2.10.